The summed E-state index contributed by atoms with van der Waals surface area (Å²) >= 11 is 1.82. The van der Waals surface area contributed by atoms with E-state index in [0.717, 1.165) is 37.2 Å². The van der Waals surface area contributed by atoms with E-state index in [0.29, 0.717) is 18.8 Å². The SMILES string of the molecule is CCc1ccc(OC)c(S(=O)(=O)N2CCC3(CC2)OCCS3)c1. The second-order valence-corrected chi connectivity index (χ2v) is 9.20. The van der Waals surface area contributed by atoms with Gasteiger partial charge in [-0.2, -0.15) is 4.31 Å². The molecule has 1 aromatic carbocycles. The van der Waals surface area contributed by atoms with Crippen LogP contribution in [0.25, 0.3) is 0 Å². The van der Waals surface area contributed by atoms with Crippen molar-refractivity contribution in [2.75, 3.05) is 32.6 Å². The summed E-state index contributed by atoms with van der Waals surface area (Å²) in [5.74, 6) is 1.41. The van der Waals surface area contributed by atoms with Crippen LogP contribution in [-0.4, -0.2) is 50.2 Å². The molecule has 128 valence electrons. The minimum atomic E-state index is -3.54. The molecule has 23 heavy (non-hydrogen) atoms. The summed E-state index contributed by atoms with van der Waals surface area (Å²) in [6.07, 6.45) is 2.28. The Bertz CT molecular complexity index is 659. The van der Waals surface area contributed by atoms with Crippen molar-refractivity contribution in [1.82, 2.24) is 4.31 Å². The van der Waals surface area contributed by atoms with Crippen molar-refractivity contribution in [3.63, 3.8) is 0 Å². The summed E-state index contributed by atoms with van der Waals surface area (Å²) in [4.78, 5) is 0.108. The smallest absolute Gasteiger partial charge is 0.246 e. The van der Waals surface area contributed by atoms with Crippen LogP contribution >= 0.6 is 11.8 Å². The van der Waals surface area contributed by atoms with Crippen molar-refractivity contribution in [3.8, 4) is 5.75 Å². The number of hydrogen-bond donors (Lipinski definition) is 0. The van der Waals surface area contributed by atoms with Gasteiger partial charge in [0.25, 0.3) is 0 Å². The lowest BCUT2D eigenvalue weighted by molar-refractivity contribution is 0.0161. The molecule has 5 nitrogen and oxygen atoms in total. The molecule has 0 aliphatic carbocycles. The maximum atomic E-state index is 13.0. The Hall–Kier alpha value is -0.760. The van der Waals surface area contributed by atoms with Crippen LogP contribution in [-0.2, 0) is 21.2 Å². The van der Waals surface area contributed by atoms with E-state index in [-0.39, 0.29) is 9.83 Å². The topological polar surface area (TPSA) is 55.8 Å². The first kappa shape index (κ1) is 17.1. The van der Waals surface area contributed by atoms with Crippen LogP contribution in [0.1, 0.15) is 25.3 Å². The zero-order valence-corrected chi connectivity index (χ0v) is 15.2. The molecule has 1 aromatic rings. The van der Waals surface area contributed by atoms with Gasteiger partial charge in [0.15, 0.2) is 0 Å². The molecule has 0 atom stereocenters. The third-order valence-corrected chi connectivity index (χ3v) is 7.89. The highest BCUT2D eigenvalue weighted by atomic mass is 32.2. The normalized spacial score (nSPS) is 21.7. The van der Waals surface area contributed by atoms with Crippen LogP contribution in [0.2, 0.25) is 0 Å². The van der Waals surface area contributed by atoms with Crippen molar-refractivity contribution in [2.45, 2.75) is 36.0 Å². The average Bonchev–Trinajstić information content (AvgIpc) is 3.02. The van der Waals surface area contributed by atoms with Gasteiger partial charge in [0, 0.05) is 18.8 Å². The number of nitrogens with zero attached hydrogens (tertiary/aromatic N) is 1. The number of ether oxygens (including phenoxy) is 2. The van der Waals surface area contributed by atoms with Crippen molar-refractivity contribution in [2.24, 2.45) is 0 Å². The Morgan fingerprint density at radius 2 is 2.09 bits per heavy atom. The lowest BCUT2D eigenvalue weighted by atomic mass is 10.1. The fourth-order valence-corrected chi connectivity index (χ4v) is 5.96. The molecule has 0 saturated carbocycles. The van der Waals surface area contributed by atoms with E-state index in [4.69, 9.17) is 9.47 Å². The number of benzene rings is 1. The predicted octanol–water partition coefficient (Wildman–Crippen LogP) is 2.50. The van der Waals surface area contributed by atoms with Crippen LogP contribution in [0.15, 0.2) is 23.1 Å². The first-order valence-electron chi connectivity index (χ1n) is 7.96. The van der Waals surface area contributed by atoms with Gasteiger partial charge in [0.1, 0.15) is 15.6 Å². The first-order chi connectivity index (χ1) is 11.0. The number of piperidine rings is 1. The Morgan fingerprint density at radius 3 is 2.65 bits per heavy atom. The number of sulfonamides is 1. The number of hydrogen-bond acceptors (Lipinski definition) is 5. The van der Waals surface area contributed by atoms with Gasteiger partial charge >= 0.3 is 0 Å². The van der Waals surface area contributed by atoms with Crippen LogP contribution in [0.4, 0.5) is 0 Å². The van der Waals surface area contributed by atoms with Crippen LogP contribution in [0, 0.1) is 0 Å². The summed E-state index contributed by atoms with van der Waals surface area (Å²) in [7, 11) is -2.03. The third kappa shape index (κ3) is 3.24. The molecule has 1 spiro atoms. The van der Waals surface area contributed by atoms with Crippen molar-refractivity contribution in [3.05, 3.63) is 23.8 Å². The standard InChI is InChI=1S/C16H23NO4S2/c1-3-13-4-5-14(20-2)15(12-13)23(18,19)17-8-6-16(7-9-17)21-10-11-22-16/h4-5,12H,3,6-11H2,1-2H3. The number of thioether (sulfide) groups is 1. The second kappa shape index (κ2) is 6.63. The molecule has 2 aliphatic rings. The van der Waals surface area contributed by atoms with Gasteiger partial charge in [-0.3, -0.25) is 0 Å². The van der Waals surface area contributed by atoms with Gasteiger partial charge in [-0.25, -0.2) is 8.42 Å². The Kier molecular flexibility index (Phi) is 4.92. The van der Waals surface area contributed by atoms with E-state index in [1.165, 1.54) is 7.11 Å². The molecular formula is C16H23NO4S2. The molecule has 2 saturated heterocycles. The van der Waals surface area contributed by atoms with E-state index in [1.807, 2.05) is 24.8 Å². The lowest BCUT2D eigenvalue weighted by Crippen LogP contribution is -2.45. The average molecular weight is 357 g/mol. The van der Waals surface area contributed by atoms with Gasteiger partial charge in [-0.05, 0) is 37.0 Å². The lowest BCUT2D eigenvalue weighted by Gasteiger charge is -2.37. The second-order valence-electron chi connectivity index (χ2n) is 5.85. The molecule has 0 aromatic heterocycles. The van der Waals surface area contributed by atoms with Crippen LogP contribution in [0.3, 0.4) is 0 Å². The third-order valence-electron chi connectivity index (χ3n) is 4.55. The largest absolute Gasteiger partial charge is 0.495 e. The maximum absolute atomic E-state index is 13.0. The minimum Gasteiger partial charge on any atom is -0.495 e. The summed E-state index contributed by atoms with van der Waals surface area (Å²) in [6.45, 7) is 3.77. The molecule has 2 fully saturated rings. The molecule has 0 unspecified atom stereocenters. The monoisotopic (exact) mass is 357 g/mol. The van der Waals surface area contributed by atoms with Gasteiger partial charge in [-0.15, -0.1) is 11.8 Å². The number of aryl methyl sites for hydroxylation is 1. The summed E-state index contributed by atoms with van der Waals surface area (Å²) in [5, 5.41) is 0. The van der Waals surface area contributed by atoms with Crippen molar-refractivity contribution >= 4 is 21.8 Å². The molecular weight excluding hydrogens is 334 g/mol. The van der Waals surface area contributed by atoms with E-state index >= 15 is 0 Å². The fourth-order valence-electron chi connectivity index (χ4n) is 3.13. The first-order valence-corrected chi connectivity index (χ1v) is 10.4. The highest BCUT2D eigenvalue weighted by molar-refractivity contribution is 8.00. The number of rotatable bonds is 4. The quantitative estimate of drug-likeness (QED) is 0.829. The van der Waals surface area contributed by atoms with Crippen molar-refractivity contribution in [1.29, 1.82) is 0 Å². The van der Waals surface area contributed by atoms with E-state index in [1.54, 1.807) is 16.4 Å². The Morgan fingerprint density at radius 1 is 1.35 bits per heavy atom. The van der Waals surface area contributed by atoms with Crippen LogP contribution < -0.4 is 4.74 Å². The molecule has 0 amide bonds. The number of methoxy groups -OCH3 is 1. The minimum absolute atomic E-state index is 0.165. The predicted molar refractivity (Wildman–Crippen MR) is 91.5 cm³/mol. The van der Waals surface area contributed by atoms with Gasteiger partial charge in [0.2, 0.25) is 10.0 Å². The summed E-state index contributed by atoms with van der Waals surface area (Å²) in [6, 6.07) is 5.39. The Balaban J connectivity index is 1.84. The summed E-state index contributed by atoms with van der Waals surface area (Å²) in [5.41, 5.74) is 0.993. The molecule has 2 aliphatic heterocycles. The fraction of sp³-hybridized carbons (Fsp3) is 0.625. The van der Waals surface area contributed by atoms with Gasteiger partial charge < -0.3 is 9.47 Å². The van der Waals surface area contributed by atoms with E-state index < -0.39 is 10.0 Å². The molecule has 3 rings (SSSR count). The molecule has 0 N–H and O–H groups in total. The highest BCUT2D eigenvalue weighted by Gasteiger charge is 2.42. The van der Waals surface area contributed by atoms with Gasteiger partial charge in [-0.1, -0.05) is 13.0 Å². The highest BCUT2D eigenvalue weighted by Crippen LogP contribution is 2.42. The summed E-state index contributed by atoms with van der Waals surface area (Å²) < 4.78 is 38.8. The maximum Gasteiger partial charge on any atom is 0.246 e. The molecule has 7 heteroatoms. The zero-order chi connectivity index (χ0) is 16.5. The van der Waals surface area contributed by atoms with E-state index in [2.05, 4.69) is 0 Å². The van der Waals surface area contributed by atoms with Crippen LogP contribution in [0.5, 0.6) is 5.75 Å². The van der Waals surface area contributed by atoms with E-state index in [9.17, 15) is 8.42 Å². The Labute approximate surface area is 142 Å². The molecule has 2 heterocycles. The van der Waals surface area contributed by atoms with Gasteiger partial charge in [0.05, 0.1) is 13.7 Å². The molecule has 0 bridgehead atoms. The molecule has 0 radical (unpaired) electrons. The van der Waals surface area contributed by atoms with Crippen molar-refractivity contribution < 1.29 is 17.9 Å². The zero-order valence-electron chi connectivity index (χ0n) is 13.6.